The summed E-state index contributed by atoms with van der Waals surface area (Å²) in [6.45, 7) is 3.98. The minimum atomic E-state index is -0.225. The lowest BCUT2D eigenvalue weighted by molar-refractivity contribution is -0.117. The smallest absolute Gasteiger partial charge is 0.218 e. The van der Waals surface area contributed by atoms with Gasteiger partial charge in [0.05, 0.1) is 0 Å². The fourth-order valence-electron chi connectivity index (χ4n) is 1.54. The van der Waals surface area contributed by atoms with Crippen molar-refractivity contribution in [2.45, 2.75) is 30.9 Å². The molecule has 3 N–H and O–H groups in total. The molecule has 1 heterocycles. The molecule has 1 amide bonds. The maximum absolute atomic E-state index is 10.5. The van der Waals surface area contributed by atoms with E-state index in [-0.39, 0.29) is 5.91 Å². The molecule has 76 valence electrons. The second-order valence-corrected chi connectivity index (χ2v) is 5.48. The summed E-state index contributed by atoms with van der Waals surface area (Å²) in [5.74, 6) is 1.05. The highest BCUT2D eigenvalue weighted by Gasteiger charge is 2.28. The van der Waals surface area contributed by atoms with E-state index in [4.69, 9.17) is 5.73 Å². The normalized spacial score (nSPS) is 27.8. The summed E-state index contributed by atoms with van der Waals surface area (Å²) >= 11 is 2.02. The lowest BCUT2D eigenvalue weighted by Crippen LogP contribution is -2.34. The van der Waals surface area contributed by atoms with E-state index in [2.05, 4.69) is 12.2 Å². The highest BCUT2D eigenvalue weighted by molar-refractivity contribution is 8.00. The van der Waals surface area contributed by atoms with Crippen molar-refractivity contribution in [3.8, 4) is 0 Å². The summed E-state index contributed by atoms with van der Waals surface area (Å²) in [7, 11) is 0. The minimum Gasteiger partial charge on any atom is -0.370 e. The van der Waals surface area contributed by atoms with Gasteiger partial charge in [-0.1, -0.05) is 0 Å². The number of rotatable bonds is 5. The third-order valence-electron chi connectivity index (χ3n) is 2.35. The van der Waals surface area contributed by atoms with Crippen LogP contribution in [0.4, 0.5) is 0 Å². The van der Waals surface area contributed by atoms with Crippen molar-refractivity contribution in [1.29, 1.82) is 0 Å². The first-order valence-corrected chi connectivity index (χ1v) is 5.74. The molecule has 0 aromatic heterocycles. The van der Waals surface area contributed by atoms with E-state index in [1.807, 2.05) is 11.8 Å². The molecular weight excluding hydrogens is 184 g/mol. The first-order valence-electron chi connectivity index (χ1n) is 4.75. The zero-order valence-corrected chi connectivity index (χ0v) is 8.95. The van der Waals surface area contributed by atoms with Crippen LogP contribution in [0.2, 0.25) is 0 Å². The summed E-state index contributed by atoms with van der Waals surface area (Å²) < 4.78 is 0.387. The van der Waals surface area contributed by atoms with Gasteiger partial charge >= 0.3 is 0 Å². The van der Waals surface area contributed by atoms with Gasteiger partial charge in [-0.05, 0) is 25.5 Å². The van der Waals surface area contributed by atoms with Crippen molar-refractivity contribution < 1.29 is 4.79 Å². The number of carbonyl (C=O) groups excluding carboxylic acids is 1. The standard InChI is InChI=1S/C9H18N2OS/c1-9(4-2-6-13-9)7-11-5-3-8(10)12/h11H,2-7H2,1H3,(H2,10,12). The van der Waals surface area contributed by atoms with Gasteiger partial charge in [0, 0.05) is 24.3 Å². The van der Waals surface area contributed by atoms with Crippen LogP contribution in [0.3, 0.4) is 0 Å². The Labute approximate surface area is 83.8 Å². The molecule has 0 bridgehead atoms. The van der Waals surface area contributed by atoms with Crippen molar-refractivity contribution in [1.82, 2.24) is 5.32 Å². The number of primary amides is 1. The van der Waals surface area contributed by atoms with E-state index in [9.17, 15) is 4.79 Å². The fraction of sp³-hybridized carbons (Fsp3) is 0.889. The van der Waals surface area contributed by atoms with Crippen LogP contribution in [0.25, 0.3) is 0 Å². The van der Waals surface area contributed by atoms with Gasteiger partial charge in [0.2, 0.25) is 5.91 Å². The molecule has 1 rings (SSSR count). The second-order valence-electron chi connectivity index (χ2n) is 3.80. The van der Waals surface area contributed by atoms with E-state index in [0.717, 1.165) is 6.54 Å². The van der Waals surface area contributed by atoms with E-state index < -0.39 is 0 Å². The van der Waals surface area contributed by atoms with Gasteiger partial charge < -0.3 is 11.1 Å². The molecular formula is C9H18N2OS. The maximum atomic E-state index is 10.5. The highest BCUT2D eigenvalue weighted by atomic mass is 32.2. The van der Waals surface area contributed by atoms with Crippen molar-refractivity contribution in [3.05, 3.63) is 0 Å². The molecule has 1 aliphatic rings. The molecule has 0 saturated carbocycles. The molecule has 3 nitrogen and oxygen atoms in total. The van der Waals surface area contributed by atoms with Crippen molar-refractivity contribution in [2.24, 2.45) is 5.73 Å². The van der Waals surface area contributed by atoms with Crippen LogP contribution in [-0.4, -0.2) is 29.5 Å². The molecule has 1 atom stereocenters. The van der Waals surface area contributed by atoms with Crippen LogP contribution >= 0.6 is 11.8 Å². The van der Waals surface area contributed by atoms with Crippen LogP contribution in [0.1, 0.15) is 26.2 Å². The Hall–Kier alpha value is -0.220. The lowest BCUT2D eigenvalue weighted by Gasteiger charge is -2.22. The summed E-state index contributed by atoms with van der Waals surface area (Å²) in [5.41, 5.74) is 5.04. The van der Waals surface area contributed by atoms with E-state index in [1.165, 1.54) is 18.6 Å². The van der Waals surface area contributed by atoms with Gasteiger partial charge in [-0.3, -0.25) is 4.79 Å². The summed E-state index contributed by atoms with van der Waals surface area (Å²) in [5, 5.41) is 3.28. The van der Waals surface area contributed by atoms with Gasteiger partial charge in [0.25, 0.3) is 0 Å². The Bertz CT molecular complexity index is 178. The minimum absolute atomic E-state index is 0.225. The van der Waals surface area contributed by atoms with Gasteiger partial charge in [-0.15, -0.1) is 0 Å². The largest absolute Gasteiger partial charge is 0.370 e. The van der Waals surface area contributed by atoms with Crippen LogP contribution in [0.5, 0.6) is 0 Å². The molecule has 1 fully saturated rings. The molecule has 1 unspecified atom stereocenters. The zero-order valence-electron chi connectivity index (χ0n) is 8.14. The molecule has 0 aromatic carbocycles. The number of hydrogen-bond acceptors (Lipinski definition) is 3. The van der Waals surface area contributed by atoms with Crippen molar-refractivity contribution in [2.75, 3.05) is 18.8 Å². The van der Waals surface area contributed by atoms with Crippen molar-refractivity contribution in [3.63, 3.8) is 0 Å². The predicted molar refractivity (Wildman–Crippen MR) is 56.8 cm³/mol. The van der Waals surface area contributed by atoms with Gasteiger partial charge in [-0.25, -0.2) is 0 Å². The number of carbonyl (C=O) groups is 1. The Kier molecular flexibility index (Phi) is 4.06. The molecule has 0 aromatic rings. The molecule has 1 saturated heterocycles. The van der Waals surface area contributed by atoms with E-state index in [0.29, 0.717) is 17.7 Å². The van der Waals surface area contributed by atoms with Gasteiger partial charge in [0.1, 0.15) is 0 Å². The van der Waals surface area contributed by atoms with Crippen LogP contribution in [0.15, 0.2) is 0 Å². The highest BCUT2D eigenvalue weighted by Crippen LogP contribution is 2.36. The van der Waals surface area contributed by atoms with Crippen LogP contribution in [0, 0.1) is 0 Å². The van der Waals surface area contributed by atoms with Crippen molar-refractivity contribution >= 4 is 17.7 Å². The summed E-state index contributed by atoms with van der Waals surface area (Å²) in [4.78, 5) is 10.5. The average molecular weight is 202 g/mol. The third-order valence-corrected chi connectivity index (χ3v) is 3.89. The number of nitrogens with two attached hydrogens (primary N) is 1. The predicted octanol–water partition coefficient (Wildman–Crippen LogP) is 0.737. The maximum Gasteiger partial charge on any atom is 0.218 e. The number of amides is 1. The lowest BCUT2D eigenvalue weighted by atomic mass is 10.1. The first-order chi connectivity index (χ1) is 6.12. The Balaban J connectivity index is 2.07. The molecule has 1 aliphatic heterocycles. The summed E-state index contributed by atoms with van der Waals surface area (Å²) in [6, 6.07) is 0. The fourth-order valence-corrected chi connectivity index (χ4v) is 2.81. The Morgan fingerprint density at radius 3 is 3.00 bits per heavy atom. The monoisotopic (exact) mass is 202 g/mol. The Morgan fingerprint density at radius 1 is 1.69 bits per heavy atom. The molecule has 13 heavy (non-hydrogen) atoms. The van der Waals surface area contributed by atoms with Crippen LogP contribution < -0.4 is 11.1 Å². The van der Waals surface area contributed by atoms with Crippen LogP contribution in [-0.2, 0) is 4.79 Å². The number of nitrogens with one attached hydrogen (secondary N) is 1. The van der Waals surface area contributed by atoms with Gasteiger partial charge in [-0.2, -0.15) is 11.8 Å². The first kappa shape index (κ1) is 10.9. The van der Waals surface area contributed by atoms with E-state index in [1.54, 1.807) is 0 Å². The zero-order chi connectivity index (χ0) is 9.73. The summed E-state index contributed by atoms with van der Waals surface area (Å²) in [6.07, 6.45) is 3.04. The molecule has 0 aliphatic carbocycles. The topological polar surface area (TPSA) is 55.1 Å². The molecule has 4 heteroatoms. The quantitative estimate of drug-likeness (QED) is 0.646. The second kappa shape index (κ2) is 4.86. The SMILES string of the molecule is CC1(CNCCC(N)=O)CCCS1. The average Bonchev–Trinajstić information content (AvgIpc) is 2.47. The van der Waals surface area contributed by atoms with E-state index >= 15 is 0 Å². The number of thioether (sulfide) groups is 1. The Morgan fingerprint density at radius 2 is 2.46 bits per heavy atom. The number of hydrogen-bond donors (Lipinski definition) is 2. The molecule has 0 radical (unpaired) electrons. The third kappa shape index (κ3) is 4.00. The van der Waals surface area contributed by atoms with Gasteiger partial charge in [0.15, 0.2) is 0 Å². The molecule has 0 spiro atoms.